The van der Waals surface area contributed by atoms with Gasteiger partial charge in [-0.1, -0.05) is 26.2 Å². The quantitative estimate of drug-likeness (QED) is 0.723. The van der Waals surface area contributed by atoms with Gasteiger partial charge in [-0.2, -0.15) is 0 Å². The molecule has 0 spiro atoms. The first-order valence-corrected chi connectivity index (χ1v) is 5.92. The number of hydrogen-bond acceptors (Lipinski definition) is 2. The minimum Gasteiger partial charge on any atom is -0.353 e. The summed E-state index contributed by atoms with van der Waals surface area (Å²) >= 11 is 0. The first-order chi connectivity index (χ1) is 7.13. The molecule has 0 aliphatic heterocycles. The van der Waals surface area contributed by atoms with Crippen LogP contribution < -0.4 is 5.32 Å². The van der Waals surface area contributed by atoms with E-state index in [0.717, 1.165) is 12.8 Å². The van der Waals surface area contributed by atoms with Gasteiger partial charge in [0.15, 0.2) is 0 Å². The lowest BCUT2D eigenvalue weighted by atomic mass is 9.83. The molecule has 1 N–H and O–H groups in total. The number of carbonyl (C=O) groups excluding carboxylic acids is 2. The minimum atomic E-state index is -0.104. The zero-order chi connectivity index (χ0) is 11.3. The average Bonchev–Trinajstić information content (AvgIpc) is 2.17. The van der Waals surface area contributed by atoms with Gasteiger partial charge < -0.3 is 5.32 Å². The maximum atomic E-state index is 11.5. The second-order valence-electron chi connectivity index (χ2n) is 4.51. The molecule has 1 aliphatic rings. The first kappa shape index (κ1) is 12.2. The van der Waals surface area contributed by atoms with Crippen molar-refractivity contribution in [1.29, 1.82) is 0 Å². The van der Waals surface area contributed by atoms with Crippen LogP contribution in [0.1, 0.15) is 52.4 Å². The van der Waals surface area contributed by atoms with Crippen LogP contribution in [0, 0.1) is 5.92 Å². The van der Waals surface area contributed by atoms with Crippen LogP contribution >= 0.6 is 0 Å². The topological polar surface area (TPSA) is 46.2 Å². The number of carbonyl (C=O) groups is 2. The summed E-state index contributed by atoms with van der Waals surface area (Å²) in [4.78, 5) is 22.2. The lowest BCUT2D eigenvalue weighted by Crippen LogP contribution is -2.42. The Balaban J connectivity index is 2.40. The van der Waals surface area contributed by atoms with Crippen LogP contribution in [0.2, 0.25) is 0 Å². The van der Waals surface area contributed by atoms with Crippen LogP contribution in [-0.2, 0) is 9.59 Å². The molecule has 2 unspecified atom stereocenters. The molecule has 0 aromatic carbocycles. The van der Waals surface area contributed by atoms with Gasteiger partial charge in [-0.25, -0.2) is 0 Å². The fourth-order valence-electron chi connectivity index (χ4n) is 2.37. The fourth-order valence-corrected chi connectivity index (χ4v) is 2.37. The Morgan fingerprint density at radius 3 is 2.53 bits per heavy atom. The molecular weight excluding hydrogens is 190 g/mol. The van der Waals surface area contributed by atoms with Crippen molar-refractivity contribution in [1.82, 2.24) is 5.32 Å². The van der Waals surface area contributed by atoms with Crippen molar-refractivity contribution in [2.45, 2.75) is 58.4 Å². The van der Waals surface area contributed by atoms with Gasteiger partial charge in [-0.3, -0.25) is 9.59 Å². The van der Waals surface area contributed by atoms with Gasteiger partial charge in [-0.15, -0.1) is 0 Å². The van der Waals surface area contributed by atoms with E-state index in [-0.39, 0.29) is 18.1 Å². The van der Waals surface area contributed by atoms with Crippen molar-refractivity contribution in [2.75, 3.05) is 0 Å². The molecule has 0 heterocycles. The van der Waals surface area contributed by atoms with Gasteiger partial charge in [0.05, 0.1) is 6.42 Å². The predicted molar refractivity (Wildman–Crippen MR) is 59.5 cm³/mol. The van der Waals surface area contributed by atoms with Gasteiger partial charge in [-0.05, 0) is 25.7 Å². The molecule has 86 valence electrons. The molecule has 3 nitrogen and oxygen atoms in total. The van der Waals surface area contributed by atoms with Crippen molar-refractivity contribution >= 4 is 11.7 Å². The van der Waals surface area contributed by atoms with E-state index in [9.17, 15) is 9.59 Å². The summed E-state index contributed by atoms with van der Waals surface area (Å²) < 4.78 is 0. The largest absolute Gasteiger partial charge is 0.353 e. The maximum Gasteiger partial charge on any atom is 0.227 e. The molecule has 1 aliphatic carbocycles. The number of rotatable bonds is 4. The Hall–Kier alpha value is -0.860. The SMILES string of the molecule is CCC1CCCCC1NC(=O)CC(C)=O. The molecule has 15 heavy (non-hydrogen) atoms. The summed E-state index contributed by atoms with van der Waals surface area (Å²) in [6.07, 6.45) is 5.90. The zero-order valence-electron chi connectivity index (χ0n) is 9.71. The summed E-state index contributed by atoms with van der Waals surface area (Å²) in [7, 11) is 0. The number of amides is 1. The standard InChI is InChI=1S/C12H21NO2/c1-3-10-6-4-5-7-11(10)13-12(15)8-9(2)14/h10-11H,3-8H2,1-2H3,(H,13,15). The van der Waals surface area contributed by atoms with Gasteiger partial charge in [0.2, 0.25) is 5.91 Å². The lowest BCUT2D eigenvalue weighted by molar-refractivity contribution is -0.128. The fraction of sp³-hybridized carbons (Fsp3) is 0.833. The molecule has 1 saturated carbocycles. The van der Waals surface area contributed by atoms with Crippen LogP contribution in [0.15, 0.2) is 0 Å². The first-order valence-electron chi connectivity index (χ1n) is 5.92. The van der Waals surface area contributed by atoms with Crippen molar-refractivity contribution in [3.63, 3.8) is 0 Å². The van der Waals surface area contributed by atoms with Crippen molar-refractivity contribution in [3.8, 4) is 0 Å². The molecule has 0 radical (unpaired) electrons. The normalized spacial score (nSPS) is 26.0. The molecule has 0 aromatic heterocycles. The van der Waals surface area contributed by atoms with Gasteiger partial charge in [0.1, 0.15) is 5.78 Å². The number of ketones is 1. The highest BCUT2D eigenvalue weighted by Gasteiger charge is 2.24. The Morgan fingerprint density at radius 1 is 1.27 bits per heavy atom. The summed E-state index contributed by atoms with van der Waals surface area (Å²) in [6.45, 7) is 3.62. The Labute approximate surface area is 91.6 Å². The van der Waals surface area contributed by atoms with E-state index in [1.165, 1.54) is 26.2 Å². The lowest BCUT2D eigenvalue weighted by Gasteiger charge is -2.31. The highest BCUT2D eigenvalue weighted by molar-refractivity contribution is 5.96. The van der Waals surface area contributed by atoms with Crippen LogP contribution in [0.5, 0.6) is 0 Å². The highest BCUT2D eigenvalue weighted by Crippen LogP contribution is 2.26. The molecule has 3 heteroatoms. The third kappa shape index (κ3) is 4.02. The molecular formula is C12H21NO2. The van der Waals surface area contributed by atoms with Gasteiger partial charge in [0.25, 0.3) is 0 Å². The molecule has 1 fully saturated rings. The minimum absolute atomic E-state index is 0.0347. The smallest absolute Gasteiger partial charge is 0.227 e. The van der Waals surface area contributed by atoms with Crippen molar-refractivity contribution in [2.24, 2.45) is 5.92 Å². The molecule has 0 aromatic rings. The summed E-state index contributed by atoms with van der Waals surface area (Å²) in [5.41, 5.74) is 0. The van der Waals surface area contributed by atoms with Gasteiger partial charge >= 0.3 is 0 Å². The molecule has 0 bridgehead atoms. The van der Waals surface area contributed by atoms with Crippen LogP contribution in [-0.4, -0.2) is 17.7 Å². The second kappa shape index (κ2) is 5.89. The van der Waals surface area contributed by atoms with E-state index < -0.39 is 0 Å². The van der Waals surface area contributed by atoms with E-state index in [4.69, 9.17) is 0 Å². The summed E-state index contributed by atoms with van der Waals surface area (Å²) in [6, 6.07) is 0.301. The molecule has 1 rings (SSSR count). The van der Waals surface area contributed by atoms with E-state index in [1.807, 2.05) is 0 Å². The van der Waals surface area contributed by atoms with Crippen LogP contribution in [0.4, 0.5) is 0 Å². The molecule has 2 atom stereocenters. The highest BCUT2D eigenvalue weighted by atomic mass is 16.2. The van der Waals surface area contributed by atoms with Crippen LogP contribution in [0.3, 0.4) is 0 Å². The monoisotopic (exact) mass is 211 g/mol. The van der Waals surface area contributed by atoms with E-state index in [0.29, 0.717) is 12.0 Å². The molecule has 1 amide bonds. The van der Waals surface area contributed by atoms with Crippen molar-refractivity contribution in [3.05, 3.63) is 0 Å². The van der Waals surface area contributed by atoms with E-state index in [2.05, 4.69) is 12.2 Å². The maximum absolute atomic E-state index is 11.5. The second-order valence-corrected chi connectivity index (χ2v) is 4.51. The Kier molecular flexibility index (Phi) is 4.79. The number of nitrogens with one attached hydrogen (secondary N) is 1. The van der Waals surface area contributed by atoms with Crippen molar-refractivity contribution < 1.29 is 9.59 Å². The summed E-state index contributed by atoms with van der Waals surface area (Å²) in [5, 5.41) is 2.99. The predicted octanol–water partition coefficient (Wildman–Crippen LogP) is 2.05. The van der Waals surface area contributed by atoms with E-state index in [1.54, 1.807) is 0 Å². The van der Waals surface area contributed by atoms with Gasteiger partial charge in [0, 0.05) is 6.04 Å². The zero-order valence-corrected chi connectivity index (χ0v) is 9.71. The Bertz CT molecular complexity index is 238. The molecule has 0 saturated heterocycles. The third-order valence-corrected chi connectivity index (χ3v) is 3.19. The van der Waals surface area contributed by atoms with E-state index >= 15 is 0 Å². The Morgan fingerprint density at radius 2 is 1.93 bits per heavy atom. The third-order valence-electron chi connectivity index (χ3n) is 3.19. The average molecular weight is 211 g/mol. The number of Topliss-reactive ketones (excluding diaryl/α,β-unsaturated/α-hetero) is 1. The summed E-state index contributed by atoms with van der Waals surface area (Å²) in [5.74, 6) is 0.443. The van der Waals surface area contributed by atoms with Crippen LogP contribution in [0.25, 0.3) is 0 Å². The number of hydrogen-bond donors (Lipinski definition) is 1.